The quantitative estimate of drug-likeness (QED) is 0.430. The second-order valence-corrected chi connectivity index (χ2v) is 6.22. The predicted molar refractivity (Wildman–Crippen MR) is 101 cm³/mol. The van der Waals surface area contributed by atoms with E-state index in [-0.39, 0.29) is 17.9 Å². The third-order valence-electron chi connectivity index (χ3n) is 4.40. The fraction of sp³-hybridized carbons (Fsp3) is 0.0909. The fourth-order valence-corrected chi connectivity index (χ4v) is 3.11. The number of benzene rings is 3. The number of para-hydroxylation sites is 1. The Morgan fingerprint density at radius 3 is 2.46 bits per heavy atom. The highest BCUT2D eigenvalue weighted by atomic mass is 16.5. The molecule has 4 nitrogen and oxygen atoms in total. The molecule has 1 N–H and O–H groups in total. The first-order chi connectivity index (χ1) is 12.6. The molecule has 0 aliphatic rings. The SMILES string of the molecule is Cc1ccc(O)c(C(=O)OCc2nc3ccccc3c3ccccc23)c1. The van der Waals surface area contributed by atoms with Crippen molar-refractivity contribution >= 4 is 27.6 Å². The number of aromatic hydroxyl groups is 1. The van der Waals surface area contributed by atoms with E-state index in [0.29, 0.717) is 5.69 Å². The average Bonchev–Trinajstić information content (AvgIpc) is 2.67. The number of ether oxygens (including phenoxy) is 1. The van der Waals surface area contributed by atoms with Gasteiger partial charge in [0, 0.05) is 10.8 Å². The molecule has 1 aromatic heterocycles. The number of carbonyl (C=O) groups excluding carboxylic acids is 1. The summed E-state index contributed by atoms with van der Waals surface area (Å²) in [6.07, 6.45) is 0. The molecule has 0 fully saturated rings. The largest absolute Gasteiger partial charge is 0.507 e. The van der Waals surface area contributed by atoms with Gasteiger partial charge in [-0.2, -0.15) is 0 Å². The molecule has 0 saturated carbocycles. The molecule has 0 atom stereocenters. The zero-order valence-electron chi connectivity index (χ0n) is 14.3. The van der Waals surface area contributed by atoms with E-state index in [0.717, 1.165) is 27.2 Å². The van der Waals surface area contributed by atoms with Crippen LogP contribution in [0.1, 0.15) is 21.6 Å². The summed E-state index contributed by atoms with van der Waals surface area (Å²) in [5.41, 5.74) is 2.59. The summed E-state index contributed by atoms with van der Waals surface area (Å²) in [7, 11) is 0. The van der Waals surface area contributed by atoms with Crippen LogP contribution in [0.25, 0.3) is 21.7 Å². The molecule has 4 aromatic rings. The Hall–Kier alpha value is -3.40. The van der Waals surface area contributed by atoms with Crippen LogP contribution < -0.4 is 0 Å². The van der Waals surface area contributed by atoms with Crippen molar-refractivity contribution in [2.45, 2.75) is 13.5 Å². The second-order valence-electron chi connectivity index (χ2n) is 6.22. The summed E-state index contributed by atoms with van der Waals surface area (Å²) in [5, 5.41) is 13.0. The van der Waals surface area contributed by atoms with Gasteiger partial charge in [-0.05, 0) is 30.5 Å². The summed E-state index contributed by atoms with van der Waals surface area (Å²) >= 11 is 0. The summed E-state index contributed by atoms with van der Waals surface area (Å²) < 4.78 is 5.45. The van der Waals surface area contributed by atoms with E-state index in [4.69, 9.17) is 4.74 Å². The molecule has 26 heavy (non-hydrogen) atoms. The maximum atomic E-state index is 12.4. The van der Waals surface area contributed by atoms with Gasteiger partial charge in [-0.1, -0.05) is 54.1 Å². The van der Waals surface area contributed by atoms with Crippen LogP contribution in [-0.2, 0) is 11.3 Å². The van der Waals surface area contributed by atoms with Crippen molar-refractivity contribution in [1.82, 2.24) is 4.98 Å². The lowest BCUT2D eigenvalue weighted by atomic mass is 10.0. The van der Waals surface area contributed by atoms with Crippen LogP contribution in [-0.4, -0.2) is 16.1 Å². The number of hydrogen-bond donors (Lipinski definition) is 1. The number of phenolic OH excluding ortho intramolecular Hbond substituents is 1. The van der Waals surface area contributed by atoms with Crippen LogP contribution in [0, 0.1) is 6.92 Å². The molecule has 0 aliphatic carbocycles. The Kier molecular flexibility index (Phi) is 4.01. The van der Waals surface area contributed by atoms with E-state index in [2.05, 4.69) is 4.98 Å². The molecule has 0 aliphatic heterocycles. The number of rotatable bonds is 3. The normalized spacial score (nSPS) is 11.0. The zero-order valence-corrected chi connectivity index (χ0v) is 14.3. The van der Waals surface area contributed by atoms with Gasteiger partial charge in [0.2, 0.25) is 0 Å². The second kappa shape index (κ2) is 6.48. The van der Waals surface area contributed by atoms with Crippen LogP contribution in [0.4, 0.5) is 0 Å². The van der Waals surface area contributed by atoms with Gasteiger partial charge in [-0.3, -0.25) is 0 Å². The minimum atomic E-state index is -0.565. The minimum Gasteiger partial charge on any atom is -0.507 e. The van der Waals surface area contributed by atoms with Crippen LogP contribution in [0.15, 0.2) is 66.7 Å². The number of fused-ring (bicyclic) bond motifs is 3. The molecule has 4 rings (SSSR count). The lowest BCUT2D eigenvalue weighted by Gasteiger charge is -2.11. The molecule has 128 valence electrons. The van der Waals surface area contributed by atoms with E-state index in [9.17, 15) is 9.90 Å². The average molecular weight is 343 g/mol. The fourth-order valence-electron chi connectivity index (χ4n) is 3.11. The number of nitrogens with zero attached hydrogens (tertiary/aromatic N) is 1. The zero-order chi connectivity index (χ0) is 18.1. The molecule has 1 heterocycles. The Balaban J connectivity index is 1.70. The van der Waals surface area contributed by atoms with E-state index < -0.39 is 5.97 Å². The van der Waals surface area contributed by atoms with Gasteiger partial charge in [-0.25, -0.2) is 9.78 Å². The molecule has 0 unspecified atom stereocenters. The van der Waals surface area contributed by atoms with Crippen molar-refractivity contribution < 1.29 is 14.6 Å². The lowest BCUT2D eigenvalue weighted by Crippen LogP contribution is -2.07. The molecule has 0 amide bonds. The number of pyridine rings is 1. The van der Waals surface area contributed by atoms with Gasteiger partial charge in [0.15, 0.2) is 0 Å². The molecular weight excluding hydrogens is 326 g/mol. The lowest BCUT2D eigenvalue weighted by molar-refractivity contribution is 0.0466. The highest BCUT2D eigenvalue weighted by Crippen LogP contribution is 2.27. The van der Waals surface area contributed by atoms with Crippen molar-refractivity contribution in [1.29, 1.82) is 0 Å². The maximum Gasteiger partial charge on any atom is 0.342 e. The van der Waals surface area contributed by atoms with E-state index in [1.807, 2.05) is 55.5 Å². The standard InChI is InChI=1S/C22H17NO3/c1-14-10-11-21(24)18(12-14)22(25)26-13-20-17-8-3-2-6-15(17)16-7-4-5-9-19(16)23-20/h2-12,24H,13H2,1H3. The third-order valence-corrected chi connectivity index (χ3v) is 4.40. The number of aromatic nitrogens is 1. The Morgan fingerprint density at radius 1 is 0.962 bits per heavy atom. The Morgan fingerprint density at radius 2 is 1.65 bits per heavy atom. The minimum absolute atomic E-state index is 0.0392. The van der Waals surface area contributed by atoms with Crippen LogP contribution in [0.2, 0.25) is 0 Å². The number of esters is 1. The maximum absolute atomic E-state index is 12.4. The Bertz CT molecular complexity index is 1130. The molecule has 0 spiro atoms. The number of carbonyl (C=O) groups is 1. The molecule has 0 radical (unpaired) electrons. The van der Waals surface area contributed by atoms with E-state index >= 15 is 0 Å². The van der Waals surface area contributed by atoms with E-state index in [1.165, 1.54) is 6.07 Å². The van der Waals surface area contributed by atoms with Gasteiger partial charge < -0.3 is 9.84 Å². The first-order valence-corrected chi connectivity index (χ1v) is 8.36. The summed E-state index contributed by atoms with van der Waals surface area (Å²) in [5.74, 6) is -0.651. The summed E-state index contributed by atoms with van der Waals surface area (Å²) in [6.45, 7) is 1.90. The van der Waals surface area contributed by atoms with Crippen molar-refractivity contribution in [3.05, 3.63) is 83.6 Å². The first kappa shape index (κ1) is 16.1. The van der Waals surface area contributed by atoms with Crippen molar-refractivity contribution in [2.24, 2.45) is 0 Å². The number of aryl methyl sites for hydroxylation is 1. The topological polar surface area (TPSA) is 59.4 Å². The van der Waals surface area contributed by atoms with Crippen LogP contribution in [0.5, 0.6) is 5.75 Å². The Labute approximate surface area is 150 Å². The molecule has 4 heteroatoms. The molecular formula is C22H17NO3. The van der Waals surface area contributed by atoms with Gasteiger partial charge in [0.1, 0.15) is 17.9 Å². The van der Waals surface area contributed by atoms with Gasteiger partial charge in [-0.15, -0.1) is 0 Å². The predicted octanol–water partition coefficient (Wildman–Crippen LogP) is 4.76. The van der Waals surface area contributed by atoms with Gasteiger partial charge >= 0.3 is 5.97 Å². The number of hydrogen-bond acceptors (Lipinski definition) is 4. The molecule has 3 aromatic carbocycles. The molecule has 0 bridgehead atoms. The summed E-state index contributed by atoms with van der Waals surface area (Å²) in [4.78, 5) is 17.0. The van der Waals surface area contributed by atoms with Crippen molar-refractivity contribution in [2.75, 3.05) is 0 Å². The van der Waals surface area contributed by atoms with Crippen LogP contribution >= 0.6 is 0 Å². The van der Waals surface area contributed by atoms with Crippen molar-refractivity contribution in [3.63, 3.8) is 0 Å². The van der Waals surface area contributed by atoms with Crippen molar-refractivity contribution in [3.8, 4) is 5.75 Å². The van der Waals surface area contributed by atoms with Crippen LogP contribution in [0.3, 0.4) is 0 Å². The highest BCUT2D eigenvalue weighted by molar-refractivity contribution is 6.06. The highest BCUT2D eigenvalue weighted by Gasteiger charge is 2.15. The van der Waals surface area contributed by atoms with E-state index in [1.54, 1.807) is 12.1 Å². The smallest absolute Gasteiger partial charge is 0.342 e. The number of phenols is 1. The van der Waals surface area contributed by atoms with Gasteiger partial charge in [0.25, 0.3) is 0 Å². The van der Waals surface area contributed by atoms with Gasteiger partial charge in [0.05, 0.1) is 11.2 Å². The molecule has 0 saturated heterocycles. The third kappa shape index (κ3) is 2.86. The summed E-state index contributed by atoms with van der Waals surface area (Å²) in [6, 6.07) is 20.7. The monoisotopic (exact) mass is 343 g/mol. The first-order valence-electron chi connectivity index (χ1n) is 8.36.